The van der Waals surface area contributed by atoms with Gasteiger partial charge in [0.2, 0.25) is 0 Å². The number of likely N-dealkylation sites (N-methyl/N-ethyl adjacent to an activating group) is 1. The molecule has 29 heavy (non-hydrogen) atoms. The van der Waals surface area contributed by atoms with Crippen LogP contribution in [-0.2, 0) is 0 Å². The van der Waals surface area contributed by atoms with Gasteiger partial charge >= 0.3 is 0 Å². The minimum atomic E-state index is 0.0926. The van der Waals surface area contributed by atoms with Crippen LogP contribution in [0.15, 0.2) is 30.4 Å². The SMILES string of the molecule is [C-]#[N+]c1ccc(-c2nnc(N[C@@H]3CCCN(C)C3)c3c2C2C=CC3CC2)c(O)c1. The van der Waals surface area contributed by atoms with Gasteiger partial charge in [-0.3, -0.25) is 0 Å². The van der Waals surface area contributed by atoms with Gasteiger partial charge < -0.3 is 15.3 Å². The van der Waals surface area contributed by atoms with Crippen LogP contribution >= 0.6 is 0 Å². The molecule has 6 rings (SSSR count). The summed E-state index contributed by atoms with van der Waals surface area (Å²) in [5, 5.41) is 23.4. The van der Waals surface area contributed by atoms with Gasteiger partial charge in [0.15, 0.2) is 11.5 Å². The number of rotatable bonds is 3. The molecule has 2 bridgehead atoms. The molecule has 0 spiro atoms. The van der Waals surface area contributed by atoms with Crippen LogP contribution in [0.25, 0.3) is 16.1 Å². The maximum Gasteiger partial charge on any atom is 0.190 e. The third-order valence-electron chi connectivity index (χ3n) is 6.49. The molecule has 4 aliphatic rings. The van der Waals surface area contributed by atoms with Crippen molar-refractivity contribution in [2.24, 2.45) is 0 Å². The van der Waals surface area contributed by atoms with Gasteiger partial charge in [0, 0.05) is 35.5 Å². The number of aromatic hydroxyl groups is 1. The van der Waals surface area contributed by atoms with Crippen LogP contribution < -0.4 is 5.32 Å². The number of phenols is 1. The van der Waals surface area contributed by atoms with Crippen LogP contribution in [0.2, 0.25) is 0 Å². The molecule has 6 nitrogen and oxygen atoms in total. The molecule has 6 heteroatoms. The van der Waals surface area contributed by atoms with Crippen molar-refractivity contribution < 1.29 is 5.11 Å². The number of aromatic nitrogens is 2. The van der Waals surface area contributed by atoms with E-state index in [9.17, 15) is 5.11 Å². The average Bonchev–Trinajstić information content (AvgIpc) is 2.75. The lowest BCUT2D eigenvalue weighted by Gasteiger charge is -2.37. The molecule has 1 fully saturated rings. The van der Waals surface area contributed by atoms with Crippen LogP contribution in [0.1, 0.15) is 48.6 Å². The number of likely N-dealkylation sites (tertiary alicyclic amines) is 1. The van der Waals surface area contributed by atoms with E-state index in [0.717, 1.165) is 43.9 Å². The molecule has 1 saturated heterocycles. The van der Waals surface area contributed by atoms with E-state index in [4.69, 9.17) is 6.57 Å². The van der Waals surface area contributed by atoms with Gasteiger partial charge in [-0.1, -0.05) is 24.3 Å². The van der Waals surface area contributed by atoms with Crippen molar-refractivity contribution in [1.82, 2.24) is 15.1 Å². The summed E-state index contributed by atoms with van der Waals surface area (Å²) in [6, 6.07) is 5.42. The lowest BCUT2D eigenvalue weighted by molar-refractivity contribution is 0.260. The lowest BCUT2D eigenvalue weighted by Crippen LogP contribution is -2.40. The summed E-state index contributed by atoms with van der Waals surface area (Å²) < 4.78 is 0. The van der Waals surface area contributed by atoms with E-state index in [2.05, 4.69) is 44.5 Å². The first-order chi connectivity index (χ1) is 14.1. The maximum atomic E-state index is 10.6. The molecule has 2 N–H and O–H groups in total. The molecule has 2 aromatic rings. The van der Waals surface area contributed by atoms with E-state index in [1.807, 2.05) is 0 Å². The first kappa shape index (κ1) is 18.1. The number of hydrogen-bond donors (Lipinski definition) is 2. The van der Waals surface area contributed by atoms with Crippen LogP contribution in [0.5, 0.6) is 5.75 Å². The van der Waals surface area contributed by atoms with Gasteiger partial charge in [0.05, 0.1) is 6.57 Å². The van der Waals surface area contributed by atoms with E-state index in [1.165, 1.54) is 23.6 Å². The smallest absolute Gasteiger partial charge is 0.190 e. The van der Waals surface area contributed by atoms with E-state index in [0.29, 0.717) is 29.1 Å². The maximum absolute atomic E-state index is 10.6. The molecule has 148 valence electrons. The minimum absolute atomic E-state index is 0.0926. The Balaban J connectivity index is 1.59. The molecule has 3 aliphatic carbocycles. The van der Waals surface area contributed by atoms with Crippen molar-refractivity contribution in [2.75, 3.05) is 25.5 Å². The zero-order valence-corrected chi connectivity index (χ0v) is 16.6. The Kier molecular flexibility index (Phi) is 4.48. The Morgan fingerprint density at radius 2 is 1.93 bits per heavy atom. The number of phenolic OH excluding ortho intramolecular Hbond substituents is 1. The van der Waals surface area contributed by atoms with Gasteiger partial charge in [-0.2, -0.15) is 0 Å². The van der Waals surface area contributed by atoms with Gasteiger partial charge in [0.25, 0.3) is 0 Å². The van der Waals surface area contributed by atoms with Crippen molar-refractivity contribution >= 4 is 11.5 Å². The van der Waals surface area contributed by atoms with Crippen molar-refractivity contribution in [1.29, 1.82) is 0 Å². The second kappa shape index (κ2) is 7.16. The fraction of sp³-hybridized carbons (Fsp3) is 0.435. The van der Waals surface area contributed by atoms with Gasteiger partial charge in [-0.25, -0.2) is 4.85 Å². The molecule has 1 aromatic heterocycles. The Bertz CT molecular complexity index is 1020. The number of nitrogens with zero attached hydrogens (tertiary/aromatic N) is 4. The van der Waals surface area contributed by atoms with Crippen molar-refractivity contribution in [2.45, 2.75) is 43.6 Å². The largest absolute Gasteiger partial charge is 0.509 e. The third kappa shape index (κ3) is 3.16. The molecular weight excluding hydrogens is 362 g/mol. The number of piperidine rings is 1. The Hall–Kier alpha value is -2.91. The van der Waals surface area contributed by atoms with Crippen LogP contribution in [-0.4, -0.2) is 46.4 Å². The molecule has 2 heterocycles. The highest BCUT2D eigenvalue weighted by Crippen LogP contribution is 2.51. The second-order valence-corrected chi connectivity index (χ2v) is 8.46. The first-order valence-corrected chi connectivity index (χ1v) is 10.4. The summed E-state index contributed by atoms with van der Waals surface area (Å²) in [6.07, 6.45) is 9.15. The summed E-state index contributed by atoms with van der Waals surface area (Å²) in [7, 11) is 2.17. The number of fused-ring (bicyclic) bond motifs is 1. The Morgan fingerprint density at radius 1 is 1.14 bits per heavy atom. The molecule has 1 aliphatic heterocycles. The van der Waals surface area contributed by atoms with Crippen LogP contribution in [0, 0.1) is 6.57 Å². The highest BCUT2D eigenvalue weighted by atomic mass is 16.3. The zero-order chi connectivity index (χ0) is 20.0. The van der Waals surface area contributed by atoms with E-state index < -0.39 is 0 Å². The standard InChI is InChI=1S/C23H25N5O/c1-24-16-9-10-18(19(29)12-16)22-20-14-5-7-15(8-6-14)21(20)23(27-26-22)25-17-4-3-11-28(2)13-17/h5,7,9-10,12,14-15,17,29H,3-4,6,8,11,13H2,2H3,(H,25,27)/t14?,15?,17-/m1/s1. The topological polar surface area (TPSA) is 65.6 Å². The van der Waals surface area contributed by atoms with Crippen molar-refractivity contribution in [3.63, 3.8) is 0 Å². The Morgan fingerprint density at radius 3 is 2.62 bits per heavy atom. The van der Waals surface area contributed by atoms with Gasteiger partial charge in [-0.15, -0.1) is 10.2 Å². The third-order valence-corrected chi connectivity index (χ3v) is 6.49. The summed E-state index contributed by atoms with van der Waals surface area (Å²) >= 11 is 0. The van der Waals surface area contributed by atoms with Crippen molar-refractivity contribution in [3.8, 4) is 17.0 Å². The number of hydrogen-bond acceptors (Lipinski definition) is 5. The summed E-state index contributed by atoms with van der Waals surface area (Å²) in [6.45, 7) is 9.33. The number of nitrogens with one attached hydrogen (secondary N) is 1. The average molecular weight is 387 g/mol. The van der Waals surface area contributed by atoms with Crippen molar-refractivity contribution in [3.05, 3.63) is 52.9 Å². The van der Waals surface area contributed by atoms with Crippen LogP contribution in [0.4, 0.5) is 11.5 Å². The Labute approximate surface area is 171 Å². The summed E-state index contributed by atoms with van der Waals surface area (Å²) in [4.78, 5) is 5.77. The predicted octanol–water partition coefficient (Wildman–Crippen LogP) is 4.44. The van der Waals surface area contributed by atoms with Gasteiger partial charge in [0.1, 0.15) is 11.4 Å². The molecule has 1 aromatic carbocycles. The highest BCUT2D eigenvalue weighted by molar-refractivity contribution is 5.77. The molecule has 2 unspecified atom stereocenters. The highest BCUT2D eigenvalue weighted by Gasteiger charge is 2.36. The second-order valence-electron chi connectivity index (χ2n) is 8.46. The van der Waals surface area contributed by atoms with E-state index in [-0.39, 0.29) is 5.75 Å². The number of allylic oxidation sites excluding steroid dienone is 2. The fourth-order valence-corrected chi connectivity index (χ4v) is 5.09. The van der Waals surface area contributed by atoms with E-state index >= 15 is 0 Å². The molecule has 3 atom stereocenters. The van der Waals surface area contributed by atoms with Gasteiger partial charge in [-0.05, 0) is 50.9 Å². The minimum Gasteiger partial charge on any atom is -0.509 e. The molecular formula is C23H25N5O. The zero-order valence-electron chi connectivity index (χ0n) is 16.6. The molecule has 0 amide bonds. The first-order valence-electron chi connectivity index (χ1n) is 10.4. The normalized spacial score (nSPS) is 25.4. The summed E-state index contributed by atoms with van der Waals surface area (Å²) in [5.74, 6) is 1.64. The number of anilines is 1. The molecule has 0 radical (unpaired) electrons. The quantitative estimate of drug-likeness (QED) is 0.602. The van der Waals surface area contributed by atoms with Crippen LogP contribution in [0.3, 0.4) is 0 Å². The molecule has 0 saturated carbocycles. The van der Waals surface area contributed by atoms with E-state index in [1.54, 1.807) is 12.1 Å². The predicted molar refractivity (Wildman–Crippen MR) is 113 cm³/mol. The summed E-state index contributed by atoms with van der Waals surface area (Å²) in [5.41, 5.74) is 4.27. The number of benzene rings is 1. The lowest BCUT2D eigenvalue weighted by atomic mass is 9.70. The monoisotopic (exact) mass is 387 g/mol. The fourth-order valence-electron chi connectivity index (χ4n) is 5.09.